The average Bonchev–Trinajstić information content (AvgIpc) is 2.71. The van der Waals surface area contributed by atoms with E-state index in [0.29, 0.717) is 5.56 Å². The van der Waals surface area contributed by atoms with Crippen molar-refractivity contribution >= 4 is 17.9 Å². The van der Waals surface area contributed by atoms with Crippen molar-refractivity contribution < 1.29 is 19.1 Å². The molecule has 1 aliphatic heterocycles. The predicted octanol–water partition coefficient (Wildman–Crippen LogP) is 2.31. The Morgan fingerprint density at radius 3 is 2.29 bits per heavy atom. The maximum Gasteiger partial charge on any atom is 0.326 e. The van der Waals surface area contributed by atoms with E-state index in [2.05, 4.69) is 26.1 Å². The Morgan fingerprint density at radius 2 is 1.79 bits per heavy atom. The van der Waals surface area contributed by atoms with Crippen LogP contribution in [0, 0.1) is 0 Å². The van der Waals surface area contributed by atoms with Crippen LogP contribution in [-0.4, -0.2) is 36.0 Å². The zero-order chi connectivity index (χ0) is 18.1. The fraction of sp³-hybridized carbons (Fsp3) is 0.500. The topological polar surface area (TPSA) is 75.7 Å². The number of hydrogen-bond donors (Lipinski definition) is 1. The molecule has 0 unspecified atom stereocenters. The van der Waals surface area contributed by atoms with Crippen molar-refractivity contribution in [3.8, 4) is 0 Å². The van der Waals surface area contributed by atoms with Gasteiger partial charge in [0.15, 0.2) is 0 Å². The zero-order valence-corrected chi connectivity index (χ0v) is 14.8. The molecule has 0 aromatic heterocycles. The molecule has 1 heterocycles. The average molecular weight is 332 g/mol. The highest BCUT2D eigenvalue weighted by Crippen LogP contribution is 2.31. The van der Waals surface area contributed by atoms with E-state index >= 15 is 0 Å². The van der Waals surface area contributed by atoms with Crippen molar-refractivity contribution in [2.24, 2.45) is 0 Å². The van der Waals surface area contributed by atoms with E-state index in [4.69, 9.17) is 4.74 Å². The minimum atomic E-state index is -1.18. The first-order chi connectivity index (χ1) is 11.1. The molecule has 1 atom stereocenters. The fourth-order valence-electron chi connectivity index (χ4n) is 2.68. The molecule has 0 aliphatic carbocycles. The first-order valence-electron chi connectivity index (χ1n) is 8.00. The lowest BCUT2D eigenvalue weighted by Gasteiger charge is -2.24. The largest absolute Gasteiger partial charge is 0.465 e. The highest BCUT2D eigenvalue weighted by molar-refractivity contribution is 6.08. The van der Waals surface area contributed by atoms with Gasteiger partial charge in [-0.25, -0.2) is 4.79 Å². The molecule has 0 saturated carbocycles. The van der Waals surface area contributed by atoms with Gasteiger partial charge in [0, 0.05) is 0 Å². The number of rotatable bonds is 4. The Bertz CT molecular complexity index is 661. The summed E-state index contributed by atoms with van der Waals surface area (Å²) in [4.78, 5) is 37.3. The van der Waals surface area contributed by atoms with Crippen LogP contribution in [0.15, 0.2) is 24.3 Å². The Balaban J connectivity index is 2.25. The summed E-state index contributed by atoms with van der Waals surface area (Å²) in [6.45, 7) is 9.45. The van der Waals surface area contributed by atoms with Crippen LogP contribution in [0.25, 0.3) is 0 Å². The molecule has 3 amide bonds. The third-order valence-corrected chi connectivity index (χ3v) is 4.20. The van der Waals surface area contributed by atoms with E-state index in [-0.39, 0.29) is 18.6 Å². The summed E-state index contributed by atoms with van der Waals surface area (Å²) >= 11 is 0. The van der Waals surface area contributed by atoms with E-state index in [9.17, 15) is 14.4 Å². The van der Waals surface area contributed by atoms with Crippen molar-refractivity contribution in [3.05, 3.63) is 35.4 Å². The summed E-state index contributed by atoms with van der Waals surface area (Å²) in [5.41, 5.74) is 0.633. The third kappa shape index (κ3) is 3.27. The lowest BCUT2D eigenvalue weighted by Crippen LogP contribution is -2.41. The van der Waals surface area contributed by atoms with Gasteiger partial charge in [0.05, 0.1) is 6.61 Å². The second-order valence-corrected chi connectivity index (χ2v) is 7.08. The quantitative estimate of drug-likeness (QED) is 0.678. The molecule has 24 heavy (non-hydrogen) atoms. The molecule has 2 rings (SSSR count). The Kier molecular flexibility index (Phi) is 4.69. The molecule has 0 bridgehead atoms. The van der Waals surface area contributed by atoms with E-state index in [0.717, 1.165) is 10.5 Å². The predicted molar refractivity (Wildman–Crippen MR) is 89.4 cm³/mol. The van der Waals surface area contributed by atoms with Gasteiger partial charge in [-0.3, -0.25) is 14.5 Å². The number of nitrogens with one attached hydrogen (secondary N) is 1. The van der Waals surface area contributed by atoms with Crippen LogP contribution in [0.2, 0.25) is 0 Å². The third-order valence-electron chi connectivity index (χ3n) is 4.20. The number of esters is 1. The summed E-state index contributed by atoms with van der Waals surface area (Å²) in [5.74, 6) is -1.06. The molecular weight excluding hydrogens is 308 g/mol. The first kappa shape index (κ1) is 18.0. The van der Waals surface area contributed by atoms with Gasteiger partial charge in [-0.1, -0.05) is 45.0 Å². The summed E-state index contributed by atoms with van der Waals surface area (Å²) in [6, 6.07) is 7.00. The highest BCUT2D eigenvalue weighted by Gasteiger charge is 2.49. The molecule has 1 fully saturated rings. The summed E-state index contributed by atoms with van der Waals surface area (Å²) < 4.78 is 4.81. The number of benzene rings is 1. The Labute approximate surface area is 142 Å². The van der Waals surface area contributed by atoms with Crippen LogP contribution in [0.4, 0.5) is 4.79 Å². The number of ether oxygens (including phenoxy) is 1. The van der Waals surface area contributed by atoms with Crippen LogP contribution in [0.5, 0.6) is 0 Å². The zero-order valence-electron chi connectivity index (χ0n) is 14.8. The molecule has 6 nitrogen and oxygen atoms in total. The lowest BCUT2D eigenvalue weighted by molar-refractivity contribution is -0.147. The van der Waals surface area contributed by atoms with Crippen LogP contribution in [0.1, 0.15) is 45.7 Å². The monoisotopic (exact) mass is 332 g/mol. The van der Waals surface area contributed by atoms with Crippen LogP contribution in [0.3, 0.4) is 0 Å². The number of carbonyl (C=O) groups is 3. The molecule has 1 aromatic carbocycles. The van der Waals surface area contributed by atoms with E-state index in [1.165, 1.54) is 0 Å². The van der Waals surface area contributed by atoms with Gasteiger partial charge in [0.25, 0.3) is 5.91 Å². The lowest BCUT2D eigenvalue weighted by atomic mass is 9.84. The number of amides is 3. The van der Waals surface area contributed by atoms with Crippen LogP contribution in [-0.2, 0) is 25.3 Å². The van der Waals surface area contributed by atoms with Crippen LogP contribution >= 0.6 is 0 Å². The molecular formula is C18H24N2O4. The second-order valence-electron chi connectivity index (χ2n) is 7.08. The van der Waals surface area contributed by atoms with Crippen molar-refractivity contribution in [2.75, 3.05) is 13.2 Å². The molecule has 1 aromatic rings. The van der Waals surface area contributed by atoms with Crippen molar-refractivity contribution in [3.63, 3.8) is 0 Å². The molecule has 0 spiro atoms. The SMILES string of the molecule is CCOC(=O)CN1C(=O)N[C@](C)(c2ccc(C(C)(C)C)cc2)C1=O. The Morgan fingerprint density at radius 1 is 1.21 bits per heavy atom. The van der Waals surface area contributed by atoms with E-state index < -0.39 is 23.4 Å². The smallest absolute Gasteiger partial charge is 0.326 e. The van der Waals surface area contributed by atoms with Gasteiger partial charge in [-0.2, -0.15) is 0 Å². The van der Waals surface area contributed by atoms with Crippen LogP contribution < -0.4 is 5.32 Å². The number of imide groups is 1. The van der Waals surface area contributed by atoms with Gasteiger partial charge >= 0.3 is 12.0 Å². The van der Waals surface area contributed by atoms with Crippen molar-refractivity contribution in [1.82, 2.24) is 10.2 Å². The number of carbonyl (C=O) groups excluding carboxylic acids is 3. The maximum atomic E-state index is 12.7. The van der Waals surface area contributed by atoms with Gasteiger partial charge in [0.2, 0.25) is 0 Å². The van der Waals surface area contributed by atoms with E-state index in [1.807, 2.05) is 24.3 Å². The van der Waals surface area contributed by atoms with Gasteiger partial charge in [0.1, 0.15) is 12.1 Å². The standard InChI is InChI=1S/C18H24N2O4/c1-6-24-14(21)11-20-15(22)18(5,19-16(20)23)13-9-7-12(8-10-13)17(2,3)4/h7-10H,6,11H2,1-5H3,(H,19,23)/t18-/m1/s1. The summed E-state index contributed by atoms with van der Waals surface area (Å²) in [6.07, 6.45) is 0. The number of hydrogen-bond acceptors (Lipinski definition) is 4. The fourth-order valence-corrected chi connectivity index (χ4v) is 2.68. The minimum Gasteiger partial charge on any atom is -0.465 e. The van der Waals surface area contributed by atoms with Gasteiger partial charge < -0.3 is 10.1 Å². The van der Waals surface area contributed by atoms with Gasteiger partial charge in [-0.05, 0) is 30.4 Å². The van der Waals surface area contributed by atoms with Crippen molar-refractivity contribution in [2.45, 2.75) is 45.6 Å². The molecule has 0 radical (unpaired) electrons. The highest BCUT2D eigenvalue weighted by atomic mass is 16.5. The Hall–Kier alpha value is -2.37. The first-order valence-corrected chi connectivity index (χ1v) is 8.00. The minimum absolute atomic E-state index is 0.00167. The molecule has 1 aliphatic rings. The molecule has 6 heteroatoms. The van der Waals surface area contributed by atoms with Gasteiger partial charge in [-0.15, -0.1) is 0 Å². The number of urea groups is 1. The molecule has 1 N–H and O–H groups in total. The molecule has 1 saturated heterocycles. The van der Waals surface area contributed by atoms with Crippen molar-refractivity contribution in [1.29, 1.82) is 0 Å². The number of nitrogens with zero attached hydrogens (tertiary/aromatic N) is 1. The second kappa shape index (κ2) is 6.26. The molecule has 130 valence electrons. The van der Waals surface area contributed by atoms with E-state index in [1.54, 1.807) is 13.8 Å². The normalized spacial score (nSPS) is 21.0. The summed E-state index contributed by atoms with van der Waals surface area (Å²) in [7, 11) is 0. The summed E-state index contributed by atoms with van der Waals surface area (Å²) in [5, 5.41) is 2.68. The maximum absolute atomic E-state index is 12.7.